The van der Waals surface area contributed by atoms with Crippen molar-refractivity contribution in [3.05, 3.63) is 29.3 Å². The molecule has 0 saturated carbocycles. The van der Waals surface area contributed by atoms with Gasteiger partial charge >= 0.3 is 0 Å². The highest BCUT2D eigenvalue weighted by atomic mass is 16.5. The van der Waals surface area contributed by atoms with E-state index in [4.69, 9.17) is 4.74 Å². The summed E-state index contributed by atoms with van der Waals surface area (Å²) in [5.74, 6) is 0.993. The van der Waals surface area contributed by atoms with Crippen molar-refractivity contribution >= 4 is 0 Å². The molecule has 1 rings (SSSR count). The van der Waals surface area contributed by atoms with Crippen molar-refractivity contribution in [3.8, 4) is 5.75 Å². The lowest BCUT2D eigenvalue weighted by molar-refractivity contribution is 0.0849. The van der Waals surface area contributed by atoms with Crippen LogP contribution >= 0.6 is 0 Å². The Bertz CT molecular complexity index is 420. The quantitative estimate of drug-likeness (QED) is 0.865. The van der Waals surface area contributed by atoms with Gasteiger partial charge in [-0.25, -0.2) is 0 Å². The monoisotopic (exact) mass is 263 g/mol. The lowest BCUT2D eigenvalue weighted by atomic mass is 9.86. The molecule has 2 nitrogen and oxygen atoms in total. The first-order valence-electron chi connectivity index (χ1n) is 7.16. The smallest absolute Gasteiger partial charge is 0.123 e. The number of hydrogen-bond donors (Lipinski definition) is 1. The molecule has 0 amide bonds. The summed E-state index contributed by atoms with van der Waals surface area (Å²) >= 11 is 0. The highest BCUT2D eigenvalue weighted by Crippen LogP contribution is 2.30. The molecule has 0 aliphatic heterocycles. The van der Waals surface area contributed by atoms with Crippen molar-refractivity contribution in [1.29, 1.82) is 0 Å². The fourth-order valence-corrected chi connectivity index (χ4v) is 2.10. The fourth-order valence-electron chi connectivity index (χ4n) is 2.10. The Morgan fingerprint density at radius 2 is 1.79 bits per heavy atom. The Hall–Kier alpha value is -1.02. The zero-order valence-corrected chi connectivity index (χ0v) is 13.6. The van der Waals surface area contributed by atoms with E-state index in [0.29, 0.717) is 0 Å². The zero-order valence-electron chi connectivity index (χ0n) is 13.6. The predicted octanol–water partition coefficient (Wildman–Crippen LogP) is 4.06. The van der Waals surface area contributed by atoms with Crippen LogP contribution in [0, 0.1) is 6.92 Å². The fraction of sp³-hybridized carbons (Fsp3) is 0.647. The average molecular weight is 263 g/mol. The Kier molecular flexibility index (Phi) is 5.03. The molecule has 0 spiro atoms. The Balaban J connectivity index is 2.97. The van der Waals surface area contributed by atoms with E-state index in [0.717, 1.165) is 18.7 Å². The molecular weight excluding hydrogens is 234 g/mol. The average Bonchev–Trinajstić information content (AvgIpc) is 2.31. The largest absolute Gasteiger partial charge is 0.486 e. The van der Waals surface area contributed by atoms with Gasteiger partial charge in [-0.3, -0.25) is 0 Å². The predicted molar refractivity (Wildman–Crippen MR) is 83.1 cm³/mol. The SMILES string of the molecule is CCC(C)(CNC)Oc1ccc(C(C)(C)C)cc1C. The van der Waals surface area contributed by atoms with Crippen molar-refractivity contribution in [2.24, 2.45) is 0 Å². The summed E-state index contributed by atoms with van der Waals surface area (Å²) in [6.07, 6.45) is 0.980. The van der Waals surface area contributed by atoms with Gasteiger partial charge < -0.3 is 10.1 Å². The number of rotatable bonds is 5. The molecule has 2 heteroatoms. The Morgan fingerprint density at radius 3 is 2.21 bits per heavy atom. The van der Waals surface area contributed by atoms with E-state index in [1.54, 1.807) is 0 Å². The minimum atomic E-state index is -0.150. The molecule has 108 valence electrons. The van der Waals surface area contributed by atoms with Gasteiger partial charge in [0.1, 0.15) is 11.4 Å². The third-order valence-electron chi connectivity index (χ3n) is 3.70. The van der Waals surface area contributed by atoms with Crippen LogP contribution < -0.4 is 10.1 Å². The molecule has 1 aromatic carbocycles. The number of ether oxygens (including phenoxy) is 1. The molecule has 19 heavy (non-hydrogen) atoms. The van der Waals surface area contributed by atoms with Crippen LogP contribution in [0.25, 0.3) is 0 Å². The van der Waals surface area contributed by atoms with Crippen LogP contribution in [0.4, 0.5) is 0 Å². The Morgan fingerprint density at radius 1 is 1.16 bits per heavy atom. The van der Waals surface area contributed by atoms with E-state index in [2.05, 4.69) is 65.1 Å². The van der Waals surface area contributed by atoms with Crippen molar-refractivity contribution in [2.45, 2.75) is 59.0 Å². The Labute approximate surface area is 118 Å². The first kappa shape index (κ1) is 16.0. The lowest BCUT2D eigenvalue weighted by Gasteiger charge is -2.31. The molecule has 1 N–H and O–H groups in total. The van der Waals surface area contributed by atoms with Gasteiger partial charge in [0.15, 0.2) is 0 Å². The lowest BCUT2D eigenvalue weighted by Crippen LogP contribution is -2.41. The van der Waals surface area contributed by atoms with Crippen molar-refractivity contribution in [2.75, 3.05) is 13.6 Å². The summed E-state index contributed by atoms with van der Waals surface area (Å²) in [7, 11) is 1.97. The number of hydrogen-bond acceptors (Lipinski definition) is 2. The second-order valence-corrected chi connectivity index (χ2v) is 6.67. The molecule has 1 atom stereocenters. The molecule has 0 heterocycles. The van der Waals surface area contributed by atoms with Crippen LogP contribution in [-0.4, -0.2) is 19.2 Å². The molecule has 0 fully saturated rings. The third kappa shape index (κ3) is 4.24. The van der Waals surface area contributed by atoms with Crippen LogP contribution in [0.3, 0.4) is 0 Å². The van der Waals surface area contributed by atoms with Gasteiger partial charge in [-0.1, -0.05) is 39.8 Å². The molecule has 0 aromatic heterocycles. The number of likely N-dealkylation sites (N-methyl/N-ethyl adjacent to an activating group) is 1. The van der Waals surface area contributed by atoms with Crippen LogP contribution in [-0.2, 0) is 5.41 Å². The third-order valence-corrected chi connectivity index (χ3v) is 3.70. The highest BCUT2D eigenvalue weighted by molar-refractivity contribution is 5.39. The molecule has 1 unspecified atom stereocenters. The van der Waals surface area contributed by atoms with E-state index < -0.39 is 0 Å². The molecule has 0 radical (unpaired) electrons. The van der Waals surface area contributed by atoms with Crippen molar-refractivity contribution in [3.63, 3.8) is 0 Å². The van der Waals surface area contributed by atoms with E-state index in [1.165, 1.54) is 11.1 Å². The summed E-state index contributed by atoms with van der Waals surface area (Å²) in [4.78, 5) is 0. The molecule has 0 saturated heterocycles. The van der Waals surface area contributed by atoms with E-state index in [9.17, 15) is 0 Å². The molecule has 0 aliphatic carbocycles. The highest BCUT2D eigenvalue weighted by Gasteiger charge is 2.24. The first-order chi connectivity index (χ1) is 8.72. The van der Waals surface area contributed by atoms with Gasteiger partial charge in [-0.2, -0.15) is 0 Å². The number of aryl methyl sites for hydroxylation is 1. The first-order valence-corrected chi connectivity index (χ1v) is 7.16. The van der Waals surface area contributed by atoms with E-state index in [1.807, 2.05) is 7.05 Å². The molecule has 1 aromatic rings. The summed E-state index contributed by atoms with van der Waals surface area (Å²) in [5.41, 5.74) is 2.60. The summed E-state index contributed by atoms with van der Waals surface area (Å²) in [6, 6.07) is 6.53. The maximum absolute atomic E-state index is 6.23. The minimum absolute atomic E-state index is 0.150. The maximum Gasteiger partial charge on any atom is 0.123 e. The minimum Gasteiger partial charge on any atom is -0.486 e. The van der Waals surface area contributed by atoms with Gasteiger partial charge in [-0.05, 0) is 49.9 Å². The number of nitrogens with one attached hydrogen (secondary N) is 1. The molecular formula is C17H29NO. The van der Waals surface area contributed by atoms with E-state index in [-0.39, 0.29) is 11.0 Å². The second kappa shape index (κ2) is 5.96. The van der Waals surface area contributed by atoms with Gasteiger partial charge in [0.05, 0.1) is 0 Å². The van der Waals surface area contributed by atoms with Crippen LogP contribution in [0.1, 0.15) is 52.2 Å². The normalized spacial score (nSPS) is 15.1. The second-order valence-electron chi connectivity index (χ2n) is 6.67. The zero-order chi connectivity index (χ0) is 14.7. The van der Waals surface area contributed by atoms with E-state index >= 15 is 0 Å². The van der Waals surface area contributed by atoms with Gasteiger partial charge in [0.25, 0.3) is 0 Å². The topological polar surface area (TPSA) is 21.3 Å². The van der Waals surface area contributed by atoms with Crippen LogP contribution in [0.2, 0.25) is 0 Å². The number of benzene rings is 1. The van der Waals surface area contributed by atoms with Gasteiger partial charge in [-0.15, -0.1) is 0 Å². The van der Waals surface area contributed by atoms with Crippen molar-refractivity contribution in [1.82, 2.24) is 5.32 Å². The molecule has 0 bridgehead atoms. The standard InChI is InChI=1S/C17H29NO/c1-8-17(6,12-18-7)19-15-10-9-14(11-13(15)2)16(3,4)5/h9-11,18H,8,12H2,1-7H3. The van der Waals surface area contributed by atoms with Crippen molar-refractivity contribution < 1.29 is 4.74 Å². The summed E-state index contributed by atoms with van der Waals surface area (Å²) < 4.78 is 6.23. The summed E-state index contributed by atoms with van der Waals surface area (Å²) in [6.45, 7) is 14.0. The summed E-state index contributed by atoms with van der Waals surface area (Å²) in [5, 5.41) is 3.21. The van der Waals surface area contributed by atoms with Gasteiger partial charge in [0, 0.05) is 6.54 Å². The maximum atomic E-state index is 6.23. The van der Waals surface area contributed by atoms with Crippen LogP contribution in [0.15, 0.2) is 18.2 Å². The van der Waals surface area contributed by atoms with Crippen LogP contribution in [0.5, 0.6) is 5.75 Å². The molecule has 0 aliphatic rings. The van der Waals surface area contributed by atoms with Gasteiger partial charge in [0.2, 0.25) is 0 Å².